The van der Waals surface area contributed by atoms with Crippen molar-refractivity contribution in [3.63, 3.8) is 0 Å². The zero-order valence-electron chi connectivity index (χ0n) is 13.8. The van der Waals surface area contributed by atoms with E-state index in [0.29, 0.717) is 5.39 Å². The largest absolute Gasteiger partial charge is 0.325 e. The number of aryl methyl sites for hydroxylation is 1. The van der Waals surface area contributed by atoms with Gasteiger partial charge < -0.3 is 9.88 Å². The third-order valence-electron chi connectivity index (χ3n) is 4.51. The molecule has 1 unspecified atom stereocenters. The van der Waals surface area contributed by atoms with E-state index in [2.05, 4.69) is 55.1 Å². The first-order valence-corrected chi connectivity index (χ1v) is 7.92. The third kappa shape index (κ3) is 3.17. The Kier molecular flexibility index (Phi) is 4.26. The molecule has 0 saturated carbocycles. The number of aromatic amines is 1. The van der Waals surface area contributed by atoms with E-state index in [0.717, 1.165) is 17.9 Å². The Morgan fingerprint density at radius 1 is 1.13 bits per heavy atom. The van der Waals surface area contributed by atoms with Crippen molar-refractivity contribution < 1.29 is 4.90 Å². The molecular weight excluding hydrogens is 286 g/mol. The van der Waals surface area contributed by atoms with Crippen LogP contribution in [-0.4, -0.2) is 17.0 Å². The first kappa shape index (κ1) is 15.4. The van der Waals surface area contributed by atoms with Crippen LogP contribution >= 0.6 is 0 Å². The van der Waals surface area contributed by atoms with Crippen molar-refractivity contribution in [2.24, 2.45) is 0 Å². The predicted octanol–water partition coefficient (Wildman–Crippen LogP) is 2.01. The molecule has 0 radical (unpaired) electrons. The van der Waals surface area contributed by atoms with Gasteiger partial charge in [0, 0.05) is 5.56 Å². The number of quaternary nitrogens is 1. The van der Waals surface area contributed by atoms with E-state index in [9.17, 15) is 4.79 Å². The highest BCUT2D eigenvalue weighted by Crippen LogP contribution is 2.10. The van der Waals surface area contributed by atoms with Crippen LogP contribution < -0.4 is 10.5 Å². The van der Waals surface area contributed by atoms with Gasteiger partial charge in [-0.3, -0.25) is 4.79 Å². The lowest BCUT2D eigenvalue weighted by Gasteiger charge is -2.22. The number of hydrogen-bond donors (Lipinski definition) is 2. The first-order valence-electron chi connectivity index (χ1n) is 7.92. The van der Waals surface area contributed by atoms with Crippen LogP contribution in [0.4, 0.5) is 0 Å². The van der Waals surface area contributed by atoms with Crippen molar-refractivity contribution >= 4 is 10.9 Å². The van der Waals surface area contributed by atoms with Crippen LogP contribution in [-0.2, 0) is 6.54 Å². The number of aromatic nitrogens is 2. The molecule has 23 heavy (non-hydrogen) atoms. The lowest BCUT2D eigenvalue weighted by molar-refractivity contribution is -0.924. The van der Waals surface area contributed by atoms with Crippen molar-refractivity contribution in [2.45, 2.75) is 26.4 Å². The number of rotatable bonds is 4. The standard InChI is InChI=1S/C19H21N3O/c1-13-8-4-5-9-15(13)12-22(3)14(2)18-20-17-11-7-6-10-16(17)19(23)21-18/h4-11,14H,12H2,1-3H3,(H,20,21,23)/p+1/t14-/m1/s1. The molecule has 0 aliphatic rings. The minimum atomic E-state index is -0.0684. The summed E-state index contributed by atoms with van der Waals surface area (Å²) in [5.41, 5.74) is 3.29. The molecule has 2 aromatic carbocycles. The summed E-state index contributed by atoms with van der Waals surface area (Å²) >= 11 is 0. The summed E-state index contributed by atoms with van der Waals surface area (Å²) in [6.07, 6.45) is 0. The molecule has 0 bridgehead atoms. The smallest absolute Gasteiger partial charge is 0.258 e. The molecular formula is C19H22N3O+. The minimum Gasteiger partial charge on any atom is -0.325 e. The monoisotopic (exact) mass is 308 g/mol. The highest BCUT2D eigenvalue weighted by molar-refractivity contribution is 5.77. The van der Waals surface area contributed by atoms with E-state index in [1.165, 1.54) is 16.0 Å². The average Bonchev–Trinajstić information content (AvgIpc) is 2.56. The Balaban J connectivity index is 1.89. The SMILES string of the molecule is Cc1ccccc1C[NH+](C)[C@H](C)c1nc2ccccc2c(=O)[nH]1. The van der Waals surface area contributed by atoms with Gasteiger partial charge in [-0.2, -0.15) is 0 Å². The van der Waals surface area contributed by atoms with Gasteiger partial charge in [0.15, 0.2) is 5.82 Å². The summed E-state index contributed by atoms with van der Waals surface area (Å²) in [6.45, 7) is 5.12. The highest BCUT2D eigenvalue weighted by Gasteiger charge is 2.19. The molecule has 0 amide bonds. The number of nitrogens with zero attached hydrogens (tertiary/aromatic N) is 1. The Hall–Kier alpha value is -2.46. The molecule has 0 saturated heterocycles. The van der Waals surface area contributed by atoms with E-state index in [-0.39, 0.29) is 11.6 Å². The lowest BCUT2D eigenvalue weighted by atomic mass is 10.1. The maximum Gasteiger partial charge on any atom is 0.258 e. The Bertz CT molecular complexity index is 885. The summed E-state index contributed by atoms with van der Waals surface area (Å²) < 4.78 is 0. The second-order valence-electron chi connectivity index (χ2n) is 6.14. The molecule has 4 heteroatoms. The number of fused-ring (bicyclic) bond motifs is 1. The fourth-order valence-corrected chi connectivity index (χ4v) is 2.80. The maximum atomic E-state index is 12.2. The van der Waals surface area contributed by atoms with E-state index < -0.39 is 0 Å². The predicted molar refractivity (Wildman–Crippen MR) is 92.5 cm³/mol. The van der Waals surface area contributed by atoms with Gasteiger partial charge in [-0.05, 0) is 31.5 Å². The number of hydrogen-bond acceptors (Lipinski definition) is 2. The van der Waals surface area contributed by atoms with Gasteiger partial charge in [-0.15, -0.1) is 0 Å². The Morgan fingerprint density at radius 3 is 2.61 bits per heavy atom. The van der Waals surface area contributed by atoms with Crippen LogP contribution in [0.2, 0.25) is 0 Å². The van der Waals surface area contributed by atoms with Gasteiger partial charge in [0.2, 0.25) is 0 Å². The van der Waals surface area contributed by atoms with E-state index in [1.54, 1.807) is 6.07 Å². The highest BCUT2D eigenvalue weighted by atomic mass is 16.1. The fraction of sp³-hybridized carbons (Fsp3) is 0.263. The van der Waals surface area contributed by atoms with Crippen LogP contribution in [0.3, 0.4) is 0 Å². The summed E-state index contributed by atoms with van der Waals surface area (Å²) in [6, 6.07) is 16.0. The van der Waals surface area contributed by atoms with Crippen molar-refractivity contribution in [1.29, 1.82) is 0 Å². The van der Waals surface area contributed by atoms with Gasteiger partial charge in [0.1, 0.15) is 12.6 Å². The van der Waals surface area contributed by atoms with Gasteiger partial charge >= 0.3 is 0 Å². The summed E-state index contributed by atoms with van der Waals surface area (Å²) in [4.78, 5) is 21.1. The van der Waals surface area contributed by atoms with Crippen LogP contribution in [0.15, 0.2) is 53.3 Å². The molecule has 0 aliphatic carbocycles. The minimum absolute atomic E-state index is 0.0684. The molecule has 4 nitrogen and oxygen atoms in total. The fourth-order valence-electron chi connectivity index (χ4n) is 2.80. The van der Waals surface area contributed by atoms with Gasteiger partial charge in [0.05, 0.1) is 18.0 Å². The van der Waals surface area contributed by atoms with E-state index >= 15 is 0 Å². The van der Waals surface area contributed by atoms with Crippen molar-refractivity contribution in [2.75, 3.05) is 7.05 Å². The van der Waals surface area contributed by atoms with Crippen LogP contribution in [0.25, 0.3) is 10.9 Å². The second kappa shape index (κ2) is 6.34. The number of para-hydroxylation sites is 1. The molecule has 118 valence electrons. The zero-order valence-corrected chi connectivity index (χ0v) is 13.8. The average molecular weight is 308 g/mol. The Morgan fingerprint density at radius 2 is 1.83 bits per heavy atom. The third-order valence-corrected chi connectivity index (χ3v) is 4.51. The van der Waals surface area contributed by atoms with Crippen LogP contribution in [0, 0.1) is 6.92 Å². The molecule has 3 rings (SSSR count). The lowest BCUT2D eigenvalue weighted by Crippen LogP contribution is -3.07. The summed E-state index contributed by atoms with van der Waals surface area (Å²) in [5, 5.41) is 0.639. The Labute approximate surface area is 135 Å². The summed E-state index contributed by atoms with van der Waals surface area (Å²) in [5.74, 6) is 0.736. The van der Waals surface area contributed by atoms with E-state index in [4.69, 9.17) is 0 Å². The van der Waals surface area contributed by atoms with Crippen molar-refractivity contribution in [3.05, 3.63) is 75.8 Å². The zero-order chi connectivity index (χ0) is 16.4. The quantitative estimate of drug-likeness (QED) is 0.774. The van der Waals surface area contributed by atoms with Crippen LogP contribution in [0.5, 0.6) is 0 Å². The number of benzene rings is 2. The molecule has 2 N–H and O–H groups in total. The number of H-pyrrole nitrogens is 1. The van der Waals surface area contributed by atoms with Gasteiger partial charge in [-0.1, -0.05) is 36.4 Å². The van der Waals surface area contributed by atoms with Crippen molar-refractivity contribution in [3.8, 4) is 0 Å². The first-order chi connectivity index (χ1) is 11.1. The van der Waals surface area contributed by atoms with Gasteiger partial charge in [0.25, 0.3) is 5.56 Å². The molecule has 0 spiro atoms. The maximum absolute atomic E-state index is 12.2. The molecule has 1 heterocycles. The van der Waals surface area contributed by atoms with Crippen LogP contribution in [0.1, 0.15) is 29.9 Å². The topological polar surface area (TPSA) is 50.2 Å². The molecule has 0 fully saturated rings. The normalized spacial score (nSPS) is 13.9. The molecule has 2 atom stereocenters. The summed E-state index contributed by atoms with van der Waals surface area (Å²) in [7, 11) is 2.13. The molecule has 1 aromatic heterocycles. The van der Waals surface area contributed by atoms with E-state index in [1.807, 2.05) is 18.2 Å². The second-order valence-corrected chi connectivity index (χ2v) is 6.14. The molecule has 0 aliphatic heterocycles. The van der Waals surface area contributed by atoms with Gasteiger partial charge in [-0.25, -0.2) is 4.98 Å². The molecule has 3 aromatic rings. The number of nitrogens with one attached hydrogen (secondary N) is 2. The van der Waals surface area contributed by atoms with Crippen molar-refractivity contribution in [1.82, 2.24) is 9.97 Å².